The van der Waals surface area contributed by atoms with Crippen LogP contribution in [0.4, 0.5) is 5.69 Å². The van der Waals surface area contributed by atoms with E-state index in [9.17, 15) is 18.0 Å². The number of nitrogens with two attached hydrogens (primary N) is 1. The fourth-order valence-electron chi connectivity index (χ4n) is 1.61. The molecule has 20 heavy (non-hydrogen) atoms. The molecular weight excluding hydrogens is 290 g/mol. The van der Waals surface area contributed by atoms with E-state index < -0.39 is 26.5 Å². The van der Waals surface area contributed by atoms with Gasteiger partial charge in [-0.05, 0) is 18.2 Å². The average Bonchev–Trinajstić information content (AvgIpc) is 2.69. The van der Waals surface area contributed by atoms with Gasteiger partial charge in [-0.25, -0.2) is 9.48 Å². The molecule has 0 spiro atoms. The second kappa shape index (κ2) is 4.51. The Balaban J connectivity index is 2.58. The van der Waals surface area contributed by atoms with Gasteiger partial charge in [0.25, 0.3) is 15.7 Å². The van der Waals surface area contributed by atoms with Gasteiger partial charge in [-0.3, -0.25) is 14.4 Å². The fourth-order valence-corrected chi connectivity index (χ4v) is 2.20. The SMILES string of the molecule is Nc1cc(-n2[nH]c(C(=O)O)cc2=O)ccc1S(=O)(=O)O. The number of hydrogen-bond donors (Lipinski definition) is 4. The lowest BCUT2D eigenvalue weighted by molar-refractivity contribution is 0.0690. The van der Waals surface area contributed by atoms with Gasteiger partial charge in [0.15, 0.2) is 0 Å². The molecular formula is C10H9N3O6S. The van der Waals surface area contributed by atoms with E-state index >= 15 is 0 Å². The lowest BCUT2D eigenvalue weighted by Gasteiger charge is -2.06. The summed E-state index contributed by atoms with van der Waals surface area (Å²) in [4.78, 5) is 21.8. The summed E-state index contributed by atoms with van der Waals surface area (Å²) < 4.78 is 31.8. The van der Waals surface area contributed by atoms with E-state index in [1.165, 1.54) is 6.07 Å². The maximum absolute atomic E-state index is 11.6. The number of anilines is 1. The molecule has 0 saturated carbocycles. The number of H-pyrrole nitrogens is 1. The molecule has 0 aliphatic heterocycles. The molecule has 1 aromatic heterocycles. The first-order valence-corrected chi connectivity index (χ1v) is 6.57. The lowest BCUT2D eigenvalue weighted by atomic mass is 10.3. The molecule has 0 aliphatic rings. The fraction of sp³-hybridized carbons (Fsp3) is 0. The second-order valence-electron chi connectivity index (χ2n) is 3.85. The molecule has 0 atom stereocenters. The topological polar surface area (TPSA) is 155 Å². The quantitative estimate of drug-likeness (QED) is 0.447. The number of hydrogen-bond acceptors (Lipinski definition) is 5. The number of carboxylic acid groups (broad SMARTS) is 1. The van der Waals surface area contributed by atoms with Crippen LogP contribution in [-0.4, -0.2) is 33.8 Å². The highest BCUT2D eigenvalue weighted by Gasteiger charge is 2.16. The number of carboxylic acids is 1. The summed E-state index contributed by atoms with van der Waals surface area (Å²) in [6, 6.07) is 4.19. The zero-order valence-electron chi connectivity index (χ0n) is 9.77. The van der Waals surface area contributed by atoms with Crippen LogP contribution in [0, 0.1) is 0 Å². The minimum Gasteiger partial charge on any atom is -0.477 e. The number of nitrogens with one attached hydrogen (secondary N) is 1. The first-order valence-electron chi connectivity index (χ1n) is 5.13. The molecule has 9 nitrogen and oxygen atoms in total. The standard InChI is InChI=1S/C10H9N3O6S/c11-6-3-5(1-2-8(6)20(17,18)19)13-9(14)4-7(12-13)10(15)16/h1-4,12H,11H2,(H,15,16)(H,17,18,19). The van der Waals surface area contributed by atoms with Crippen LogP contribution in [0.25, 0.3) is 5.69 Å². The molecule has 1 heterocycles. The average molecular weight is 299 g/mol. The molecule has 5 N–H and O–H groups in total. The van der Waals surface area contributed by atoms with Crippen molar-refractivity contribution in [3.63, 3.8) is 0 Å². The summed E-state index contributed by atoms with van der Waals surface area (Å²) in [6.45, 7) is 0. The third kappa shape index (κ3) is 2.41. The number of aromatic nitrogens is 2. The zero-order chi connectivity index (χ0) is 15.1. The predicted molar refractivity (Wildman–Crippen MR) is 67.6 cm³/mol. The highest BCUT2D eigenvalue weighted by atomic mass is 32.2. The van der Waals surface area contributed by atoms with Gasteiger partial charge in [-0.15, -0.1) is 0 Å². The largest absolute Gasteiger partial charge is 0.477 e. The third-order valence-corrected chi connectivity index (χ3v) is 3.41. The number of aromatic carboxylic acids is 1. The van der Waals surface area contributed by atoms with Crippen molar-refractivity contribution in [2.45, 2.75) is 4.90 Å². The van der Waals surface area contributed by atoms with E-state index in [1.54, 1.807) is 0 Å². The van der Waals surface area contributed by atoms with E-state index in [-0.39, 0.29) is 17.1 Å². The Bertz CT molecular complexity index is 848. The van der Waals surface area contributed by atoms with Gasteiger partial charge >= 0.3 is 5.97 Å². The van der Waals surface area contributed by atoms with Gasteiger partial charge in [0.2, 0.25) is 0 Å². The van der Waals surface area contributed by atoms with Crippen LogP contribution >= 0.6 is 0 Å². The lowest BCUT2D eigenvalue weighted by Crippen LogP contribution is -2.14. The van der Waals surface area contributed by atoms with Gasteiger partial charge in [-0.1, -0.05) is 0 Å². The Labute approximate surface area is 112 Å². The van der Waals surface area contributed by atoms with E-state index in [0.717, 1.165) is 22.9 Å². The summed E-state index contributed by atoms with van der Waals surface area (Å²) in [5.74, 6) is -1.32. The molecule has 0 radical (unpaired) electrons. The molecule has 0 fully saturated rings. The Morgan fingerprint density at radius 2 is 1.95 bits per heavy atom. The van der Waals surface area contributed by atoms with Gasteiger partial charge in [0.1, 0.15) is 10.6 Å². The Morgan fingerprint density at radius 1 is 1.30 bits per heavy atom. The van der Waals surface area contributed by atoms with Crippen LogP contribution in [0.5, 0.6) is 0 Å². The Hall–Kier alpha value is -2.59. The molecule has 106 valence electrons. The van der Waals surface area contributed by atoms with Crippen LogP contribution in [0.15, 0.2) is 34.0 Å². The van der Waals surface area contributed by atoms with Crippen LogP contribution in [0.3, 0.4) is 0 Å². The van der Waals surface area contributed by atoms with Gasteiger partial charge < -0.3 is 10.8 Å². The summed E-state index contributed by atoms with van der Waals surface area (Å²) in [5, 5.41) is 11.1. The molecule has 0 aliphatic carbocycles. The van der Waals surface area contributed by atoms with E-state index in [0.29, 0.717) is 0 Å². The van der Waals surface area contributed by atoms with Crippen molar-refractivity contribution in [2.24, 2.45) is 0 Å². The molecule has 1 aromatic carbocycles. The number of aromatic amines is 1. The normalized spacial score (nSPS) is 11.4. The summed E-state index contributed by atoms with van der Waals surface area (Å²) in [6.07, 6.45) is 0. The molecule has 0 bridgehead atoms. The van der Waals surface area contributed by atoms with Crippen LogP contribution in [0.1, 0.15) is 10.5 Å². The van der Waals surface area contributed by atoms with Gasteiger partial charge in [0.05, 0.1) is 11.4 Å². The predicted octanol–water partition coefficient (Wildman–Crippen LogP) is -0.307. The van der Waals surface area contributed by atoms with E-state index in [4.69, 9.17) is 15.4 Å². The first-order chi connectivity index (χ1) is 9.20. The molecule has 0 saturated heterocycles. The summed E-state index contributed by atoms with van der Waals surface area (Å²) in [7, 11) is -4.47. The van der Waals surface area contributed by atoms with Crippen molar-refractivity contribution < 1.29 is 22.9 Å². The number of rotatable bonds is 3. The zero-order valence-corrected chi connectivity index (χ0v) is 10.6. The maximum atomic E-state index is 11.6. The summed E-state index contributed by atoms with van der Waals surface area (Å²) in [5.41, 5.74) is 4.36. The van der Waals surface area contributed by atoms with E-state index in [1.807, 2.05) is 0 Å². The maximum Gasteiger partial charge on any atom is 0.353 e. The molecule has 2 rings (SSSR count). The molecule has 0 amide bonds. The number of benzene rings is 1. The monoisotopic (exact) mass is 299 g/mol. The van der Waals surface area contributed by atoms with Crippen molar-refractivity contribution in [1.29, 1.82) is 0 Å². The molecule has 2 aromatic rings. The Morgan fingerprint density at radius 3 is 2.40 bits per heavy atom. The number of nitrogen functional groups attached to an aromatic ring is 1. The van der Waals surface area contributed by atoms with Crippen LogP contribution in [0.2, 0.25) is 0 Å². The molecule has 10 heteroatoms. The van der Waals surface area contributed by atoms with Crippen molar-refractivity contribution in [3.05, 3.63) is 40.3 Å². The van der Waals surface area contributed by atoms with E-state index in [2.05, 4.69) is 5.10 Å². The number of nitrogens with zero attached hydrogens (tertiary/aromatic N) is 1. The van der Waals surface area contributed by atoms with Crippen molar-refractivity contribution >= 4 is 21.8 Å². The smallest absolute Gasteiger partial charge is 0.353 e. The van der Waals surface area contributed by atoms with Crippen molar-refractivity contribution in [1.82, 2.24) is 9.78 Å². The van der Waals surface area contributed by atoms with Crippen LogP contribution in [-0.2, 0) is 10.1 Å². The highest BCUT2D eigenvalue weighted by Crippen LogP contribution is 2.20. The van der Waals surface area contributed by atoms with Crippen LogP contribution < -0.4 is 11.3 Å². The Kier molecular flexibility index (Phi) is 3.12. The van der Waals surface area contributed by atoms with Gasteiger partial charge in [-0.2, -0.15) is 8.42 Å². The van der Waals surface area contributed by atoms with Gasteiger partial charge in [0, 0.05) is 6.07 Å². The summed E-state index contributed by atoms with van der Waals surface area (Å²) >= 11 is 0. The highest BCUT2D eigenvalue weighted by molar-refractivity contribution is 7.86. The third-order valence-electron chi connectivity index (χ3n) is 2.48. The minimum absolute atomic E-state index is 0.132. The van der Waals surface area contributed by atoms with Crippen molar-refractivity contribution in [3.8, 4) is 5.69 Å². The molecule has 0 unspecified atom stereocenters. The van der Waals surface area contributed by atoms with Crippen molar-refractivity contribution in [2.75, 3.05) is 5.73 Å². The first kappa shape index (κ1) is 13.8. The number of carbonyl (C=O) groups is 1. The second-order valence-corrected chi connectivity index (χ2v) is 5.24. The minimum atomic E-state index is -4.47.